The van der Waals surface area contributed by atoms with Crippen LogP contribution in [0.1, 0.15) is 22.8 Å². The fourth-order valence-electron chi connectivity index (χ4n) is 2.06. The van der Waals surface area contributed by atoms with Crippen LogP contribution in [-0.2, 0) is 0 Å². The third kappa shape index (κ3) is 3.02. The first kappa shape index (κ1) is 14.6. The predicted molar refractivity (Wildman–Crippen MR) is 82.2 cm³/mol. The van der Waals surface area contributed by atoms with Gasteiger partial charge >= 0.3 is 0 Å². The van der Waals surface area contributed by atoms with Gasteiger partial charge in [-0.15, -0.1) is 12.6 Å². The van der Waals surface area contributed by atoms with Gasteiger partial charge in [-0.3, -0.25) is 4.79 Å². The average molecular weight is 289 g/mol. The molecule has 4 heteroatoms. The van der Waals surface area contributed by atoms with E-state index in [4.69, 9.17) is 0 Å². The van der Waals surface area contributed by atoms with Crippen molar-refractivity contribution >= 4 is 24.2 Å². The molecule has 0 spiro atoms. The number of hydrogen-bond donors (Lipinski definition) is 1. The number of benzene rings is 2. The van der Waals surface area contributed by atoms with Crippen LogP contribution in [0, 0.1) is 12.7 Å². The molecule has 1 amide bonds. The van der Waals surface area contributed by atoms with Gasteiger partial charge < -0.3 is 4.90 Å². The van der Waals surface area contributed by atoms with Gasteiger partial charge in [0.15, 0.2) is 0 Å². The molecule has 0 fully saturated rings. The Kier molecular flexibility index (Phi) is 4.45. The van der Waals surface area contributed by atoms with Crippen molar-refractivity contribution in [3.8, 4) is 0 Å². The molecule has 0 bridgehead atoms. The summed E-state index contributed by atoms with van der Waals surface area (Å²) in [5, 5.41) is 0. The van der Waals surface area contributed by atoms with E-state index < -0.39 is 5.82 Å². The molecule has 0 N–H and O–H groups in total. The highest BCUT2D eigenvalue weighted by Gasteiger charge is 2.19. The SMILES string of the molecule is CCN(C(=O)c1cc(S)ccc1F)c1cccc(C)c1. The first-order chi connectivity index (χ1) is 9.52. The minimum atomic E-state index is -0.529. The predicted octanol–water partition coefficient (Wildman–Crippen LogP) is 4.09. The van der Waals surface area contributed by atoms with Crippen molar-refractivity contribution in [1.82, 2.24) is 0 Å². The fraction of sp³-hybridized carbons (Fsp3) is 0.188. The van der Waals surface area contributed by atoms with Crippen LogP contribution >= 0.6 is 12.6 Å². The van der Waals surface area contributed by atoms with E-state index in [1.54, 1.807) is 4.90 Å². The molecule has 2 rings (SSSR count). The molecule has 0 aromatic heterocycles. The summed E-state index contributed by atoms with van der Waals surface area (Å²) in [6.07, 6.45) is 0. The molecule has 0 heterocycles. The molecular weight excluding hydrogens is 273 g/mol. The third-order valence-electron chi connectivity index (χ3n) is 3.06. The lowest BCUT2D eigenvalue weighted by molar-refractivity contribution is 0.0984. The quantitative estimate of drug-likeness (QED) is 0.844. The maximum Gasteiger partial charge on any atom is 0.261 e. The normalized spacial score (nSPS) is 10.4. The number of anilines is 1. The highest BCUT2D eigenvalue weighted by atomic mass is 32.1. The number of carbonyl (C=O) groups is 1. The van der Waals surface area contributed by atoms with Crippen molar-refractivity contribution in [2.24, 2.45) is 0 Å². The molecule has 2 nitrogen and oxygen atoms in total. The first-order valence-corrected chi connectivity index (χ1v) is 6.84. The number of halogens is 1. The molecule has 0 aliphatic rings. The Bertz CT molecular complexity index is 642. The van der Waals surface area contributed by atoms with Crippen LogP contribution < -0.4 is 4.90 Å². The third-order valence-corrected chi connectivity index (χ3v) is 3.33. The zero-order chi connectivity index (χ0) is 14.7. The number of amides is 1. The first-order valence-electron chi connectivity index (χ1n) is 6.40. The van der Waals surface area contributed by atoms with Crippen LogP contribution in [-0.4, -0.2) is 12.5 Å². The molecule has 2 aromatic carbocycles. The van der Waals surface area contributed by atoms with Crippen molar-refractivity contribution in [3.05, 3.63) is 59.4 Å². The number of hydrogen-bond acceptors (Lipinski definition) is 2. The van der Waals surface area contributed by atoms with Gasteiger partial charge in [0, 0.05) is 17.1 Å². The number of rotatable bonds is 3. The minimum Gasteiger partial charge on any atom is -0.309 e. The van der Waals surface area contributed by atoms with Crippen LogP contribution in [0.15, 0.2) is 47.4 Å². The molecule has 0 unspecified atom stereocenters. The van der Waals surface area contributed by atoms with Crippen molar-refractivity contribution in [3.63, 3.8) is 0 Å². The fourth-order valence-corrected chi connectivity index (χ4v) is 2.27. The molecule has 0 aliphatic carbocycles. The number of nitrogens with zero attached hydrogens (tertiary/aromatic N) is 1. The molecule has 0 aliphatic heterocycles. The van der Waals surface area contributed by atoms with Crippen molar-refractivity contribution in [1.29, 1.82) is 0 Å². The van der Waals surface area contributed by atoms with E-state index in [1.807, 2.05) is 38.1 Å². The minimum absolute atomic E-state index is 0.0425. The van der Waals surface area contributed by atoms with Crippen LogP contribution in [0.4, 0.5) is 10.1 Å². The summed E-state index contributed by atoms with van der Waals surface area (Å²) >= 11 is 4.16. The van der Waals surface area contributed by atoms with E-state index in [0.29, 0.717) is 11.4 Å². The second-order valence-electron chi connectivity index (χ2n) is 4.55. The van der Waals surface area contributed by atoms with Gasteiger partial charge in [-0.05, 0) is 49.7 Å². The van der Waals surface area contributed by atoms with Crippen LogP contribution in [0.25, 0.3) is 0 Å². The van der Waals surface area contributed by atoms with Gasteiger partial charge in [0.05, 0.1) is 5.56 Å². The van der Waals surface area contributed by atoms with E-state index >= 15 is 0 Å². The lowest BCUT2D eigenvalue weighted by Crippen LogP contribution is -2.31. The smallest absolute Gasteiger partial charge is 0.261 e. The van der Waals surface area contributed by atoms with Gasteiger partial charge in [0.2, 0.25) is 0 Å². The van der Waals surface area contributed by atoms with E-state index in [-0.39, 0.29) is 11.5 Å². The van der Waals surface area contributed by atoms with Gasteiger partial charge in [-0.2, -0.15) is 0 Å². The lowest BCUT2D eigenvalue weighted by Gasteiger charge is -2.22. The Labute approximate surface area is 123 Å². The molecule has 104 valence electrons. The van der Waals surface area contributed by atoms with Crippen molar-refractivity contribution < 1.29 is 9.18 Å². The van der Waals surface area contributed by atoms with Gasteiger partial charge in [0.25, 0.3) is 5.91 Å². The van der Waals surface area contributed by atoms with E-state index in [2.05, 4.69) is 12.6 Å². The molecule has 2 aromatic rings. The Morgan fingerprint density at radius 2 is 2.00 bits per heavy atom. The Balaban J connectivity index is 2.41. The zero-order valence-electron chi connectivity index (χ0n) is 11.4. The molecule has 0 saturated carbocycles. The average Bonchev–Trinajstić information content (AvgIpc) is 2.42. The van der Waals surface area contributed by atoms with Crippen LogP contribution in [0.2, 0.25) is 0 Å². The summed E-state index contributed by atoms with van der Waals surface area (Å²) in [5.41, 5.74) is 1.86. The maximum atomic E-state index is 13.8. The largest absolute Gasteiger partial charge is 0.309 e. The van der Waals surface area contributed by atoms with E-state index in [0.717, 1.165) is 11.3 Å². The zero-order valence-corrected chi connectivity index (χ0v) is 12.3. The topological polar surface area (TPSA) is 20.3 Å². The molecule has 0 atom stereocenters. The molecule has 20 heavy (non-hydrogen) atoms. The number of thiol groups is 1. The van der Waals surface area contributed by atoms with E-state index in [1.165, 1.54) is 18.2 Å². The Morgan fingerprint density at radius 3 is 2.65 bits per heavy atom. The summed E-state index contributed by atoms with van der Waals surface area (Å²) in [4.78, 5) is 14.6. The Hall–Kier alpha value is -1.81. The Morgan fingerprint density at radius 1 is 1.25 bits per heavy atom. The second-order valence-corrected chi connectivity index (χ2v) is 5.07. The van der Waals surface area contributed by atoms with Crippen LogP contribution in [0.3, 0.4) is 0 Å². The molecule has 0 saturated heterocycles. The van der Waals surface area contributed by atoms with Gasteiger partial charge in [-0.1, -0.05) is 12.1 Å². The monoisotopic (exact) mass is 289 g/mol. The van der Waals surface area contributed by atoms with Gasteiger partial charge in [-0.25, -0.2) is 4.39 Å². The molecular formula is C16H16FNOS. The standard InChI is InChI=1S/C16H16FNOS/c1-3-18(12-6-4-5-11(2)9-12)16(19)14-10-13(20)7-8-15(14)17/h4-10,20H,3H2,1-2H3. The van der Waals surface area contributed by atoms with E-state index in [9.17, 15) is 9.18 Å². The highest BCUT2D eigenvalue weighted by molar-refractivity contribution is 7.80. The summed E-state index contributed by atoms with van der Waals surface area (Å²) < 4.78 is 13.8. The van der Waals surface area contributed by atoms with Crippen molar-refractivity contribution in [2.75, 3.05) is 11.4 Å². The second kappa shape index (κ2) is 6.09. The van der Waals surface area contributed by atoms with Crippen molar-refractivity contribution in [2.45, 2.75) is 18.7 Å². The molecule has 0 radical (unpaired) electrons. The highest BCUT2D eigenvalue weighted by Crippen LogP contribution is 2.21. The summed E-state index contributed by atoms with van der Waals surface area (Å²) in [6, 6.07) is 11.8. The summed E-state index contributed by atoms with van der Waals surface area (Å²) in [6.45, 7) is 4.29. The summed E-state index contributed by atoms with van der Waals surface area (Å²) in [7, 11) is 0. The number of aryl methyl sites for hydroxylation is 1. The van der Waals surface area contributed by atoms with Gasteiger partial charge in [0.1, 0.15) is 5.82 Å². The van der Waals surface area contributed by atoms with Crippen LogP contribution in [0.5, 0.6) is 0 Å². The number of carbonyl (C=O) groups excluding carboxylic acids is 1. The lowest BCUT2D eigenvalue weighted by atomic mass is 10.1. The maximum absolute atomic E-state index is 13.8. The summed E-state index contributed by atoms with van der Waals surface area (Å²) in [5.74, 6) is -0.884.